The van der Waals surface area contributed by atoms with E-state index in [9.17, 15) is 18.5 Å². The predicted molar refractivity (Wildman–Crippen MR) is 69.2 cm³/mol. The summed E-state index contributed by atoms with van der Waals surface area (Å²) in [6.07, 6.45) is 0.507. The van der Waals surface area contributed by atoms with Gasteiger partial charge in [0.25, 0.3) is 5.69 Å². The van der Waals surface area contributed by atoms with Crippen LogP contribution in [0, 0.1) is 10.1 Å². The van der Waals surface area contributed by atoms with Gasteiger partial charge in [0, 0.05) is 26.3 Å². The zero-order valence-electron chi connectivity index (χ0n) is 10.3. The van der Waals surface area contributed by atoms with Crippen LogP contribution in [0.3, 0.4) is 0 Å². The highest BCUT2D eigenvalue weighted by Crippen LogP contribution is 2.24. The number of nitrogens with one attached hydrogen (secondary N) is 1. The Morgan fingerprint density at radius 1 is 1.47 bits per heavy atom. The van der Waals surface area contributed by atoms with Crippen molar-refractivity contribution in [3.05, 3.63) is 28.3 Å². The van der Waals surface area contributed by atoms with Crippen LogP contribution in [-0.2, 0) is 14.8 Å². The van der Waals surface area contributed by atoms with Crippen LogP contribution in [0.4, 0.5) is 11.4 Å². The Morgan fingerprint density at radius 2 is 2.16 bits per heavy atom. The van der Waals surface area contributed by atoms with Crippen molar-refractivity contribution in [2.45, 2.75) is 11.3 Å². The van der Waals surface area contributed by atoms with E-state index < -0.39 is 20.6 Å². The topological polar surface area (TPSA) is 125 Å². The van der Waals surface area contributed by atoms with Crippen molar-refractivity contribution in [1.29, 1.82) is 0 Å². The molecule has 0 unspecified atom stereocenters. The number of methoxy groups -OCH3 is 1. The number of hydrogen-bond acceptors (Lipinski definition) is 6. The van der Waals surface area contributed by atoms with Gasteiger partial charge in [0.15, 0.2) is 0 Å². The molecular formula is C10H15N3O5S. The maximum atomic E-state index is 11.9. The van der Waals surface area contributed by atoms with Crippen LogP contribution in [-0.4, -0.2) is 33.6 Å². The molecule has 1 aromatic rings. The molecule has 0 aromatic heterocycles. The van der Waals surface area contributed by atoms with Crippen molar-refractivity contribution in [3.63, 3.8) is 0 Å². The number of nitrogen functional groups attached to an aromatic ring is 1. The maximum Gasteiger partial charge on any atom is 0.293 e. The van der Waals surface area contributed by atoms with E-state index in [2.05, 4.69) is 4.72 Å². The monoisotopic (exact) mass is 289 g/mol. The van der Waals surface area contributed by atoms with Crippen LogP contribution in [0.25, 0.3) is 0 Å². The molecule has 0 aliphatic rings. The first-order chi connectivity index (χ1) is 8.88. The highest BCUT2D eigenvalue weighted by Gasteiger charge is 2.19. The fraction of sp³-hybridized carbons (Fsp3) is 0.400. The summed E-state index contributed by atoms with van der Waals surface area (Å²) in [4.78, 5) is 9.78. The van der Waals surface area contributed by atoms with Gasteiger partial charge < -0.3 is 10.5 Å². The summed E-state index contributed by atoms with van der Waals surface area (Å²) in [5, 5.41) is 10.7. The molecule has 0 saturated carbocycles. The number of nitro groups is 1. The number of nitrogens with two attached hydrogens (primary N) is 1. The predicted octanol–water partition coefficient (Wildman–Crippen LogP) is 0.492. The minimum absolute atomic E-state index is 0.0802. The van der Waals surface area contributed by atoms with E-state index >= 15 is 0 Å². The third-order valence-corrected chi connectivity index (χ3v) is 3.78. The molecule has 1 rings (SSSR count). The first-order valence-electron chi connectivity index (χ1n) is 5.41. The van der Waals surface area contributed by atoms with Gasteiger partial charge >= 0.3 is 0 Å². The lowest BCUT2D eigenvalue weighted by atomic mass is 10.3. The lowest BCUT2D eigenvalue weighted by molar-refractivity contribution is -0.384. The minimum atomic E-state index is -3.78. The van der Waals surface area contributed by atoms with Gasteiger partial charge in [-0.3, -0.25) is 10.1 Å². The van der Waals surface area contributed by atoms with E-state index in [1.54, 1.807) is 0 Å². The van der Waals surface area contributed by atoms with E-state index in [4.69, 9.17) is 10.5 Å². The van der Waals surface area contributed by atoms with Gasteiger partial charge in [0.05, 0.1) is 9.82 Å². The molecule has 0 atom stereocenters. The Labute approximate surface area is 110 Å². The zero-order valence-corrected chi connectivity index (χ0v) is 11.1. The number of hydrogen-bond donors (Lipinski definition) is 2. The van der Waals surface area contributed by atoms with Crippen molar-refractivity contribution in [1.82, 2.24) is 4.72 Å². The molecule has 0 aliphatic heterocycles. The maximum absolute atomic E-state index is 11.9. The van der Waals surface area contributed by atoms with E-state index in [1.807, 2.05) is 0 Å². The van der Waals surface area contributed by atoms with Crippen LogP contribution < -0.4 is 10.5 Å². The van der Waals surface area contributed by atoms with Gasteiger partial charge in [-0.05, 0) is 18.6 Å². The Kier molecular flexibility index (Phi) is 5.21. The molecule has 0 heterocycles. The van der Waals surface area contributed by atoms with Gasteiger partial charge in [-0.25, -0.2) is 13.1 Å². The van der Waals surface area contributed by atoms with Crippen molar-refractivity contribution >= 4 is 21.4 Å². The Balaban J connectivity index is 2.89. The number of ether oxygens (including phenoxy) is 1. The molecule has 0 saturated heterocycles. The summed E-state index contributed by atoms with van der Waals surface area (Å²) >= 11 is 0. The molecule has 106 valence electrons. The average Bonchev–Trinajstić information content (AvgIpc) is 2.34. The third kappa shape index (κ3) is 4.16. The van der Waals surface area contributed by atoms with Gasteiger partial charge in [0.2, 0.25) is 10.0 Å². The second-order valence-electron chi connectivity index (χ2n) is 3.72. The number of anilines is 1. The van der Waals surface area contributed by atoms with Crippen molar-refractivity contribution in [2.75, 3.05) is 26.0 Å². The van der Waals surface area contributed by atoms with Gasteiger partial charge in [-0.15, -0.1) is 0 Å². The summed E-state index contributed by atoms with van der Waals surface area (Å²) in [6, 6.07) is 3.36. The smallest absolute Gasteiger partial charge is 0.293 e. The number of benzene rings is 1. The SMILES string of the molecule is COCCCNS(=O)(=O)c1ccc(N)c([N+](=O)[O-])c1. The molecule has 9 heteroatoms. The van der Waals surface area contributed by atoms with E-state index in [-0.39, 0.29) is 17.1 Å². The molecular weight excluding hydrogens is 274 g/mol. The fourth-order valence-electron chi connectivity index (χ4n) is 1.36. The quantitative estimate of drug-likeness (QED) is 0.326. The number of nitrogens with zero attached hydrogens (tertiary/aromatic N) is 1. The average molecular weight is 289 g/mol. The standard InChI is InChI=1S/C10H15N3O5S/c1-18-6-2-5-12-19(16,17)8-3-4-9(11)10(7-8)13(14)15/h3-4,7,12H,2,5-6,11H2,1H3. The highest BCUT2D eigenvalue weighted by molar-refractivity contribution is 7.89. The Hall–Kier alpha value is -1.71. The molecule has 1 aromatic carbocycles. The first-order valence-corrected chi connectivity index (χ1v) is 6.89. The molecule has 19 heavy (non-hydrogen) atoms. The van der Waals surface area contributed by atoms with E-state index in [1.165, 1.54) is 19.2 Å². The van der Waals surface area contributed by atoms with Crippen LogP contribution in [0.2, 0.25) is 0 Å². The largest absolute Gasteiger partial charge is 0.393 e. The van der Waals surface area contributed by atoms with Crippen LogP contribution in [0.5, 0.6) is 0 Å². The lowest BCUT2D eigenvalue weighted by Gasteiger charge is -2.07. The molecule has 0 radical (unpaired) electrons. The molecule has 0 aliphatic carbocycles. The summed E-state index contributed by atoms with van der Waals surface area (Å²) in [6.45, 7) is 0.610. The molecule has 3 N–H and O–H groups in total. The first kappa shape index (κ1) is 15.3. The van der Waals surface area contributed by atoms with E-state index in [0.29, 0.717) is 13.0 Å². The van der Waals surface area contributed by atoms with Crippen LogP contribution in [0.1, 0.15) is 6.42 Å². The third-order valence-electron chi connectivity index (χ3n) is 2.33. The molecule has 0 bridgehead atoms. The number of sulfonamides is 1. The summed E-state index contributed by atoms with van der Waals surface area (Å²) in [7, 11) is -2.27. The van der Waals surface area contributed by atoms with Gasteiger partial charge in [-0.1, -0.05) is 0 Å². The summed E-state index contributed by atoms with van der Waals surface area (Å²) in [5.41, 5.74) is 4.89. The number of rotatable bonds is 7. The molecule has 0 spiro atoms. The Bertz CT molecular complexity index is 558. The summed E-state index contributed by atoms with van der Waals surface area (Å²) in [5.74, 6) is 0. The van der Waals surface area contributed by atoms with Crippen molar-refractivity contribution in [2.24, 2.45) is 0 Å². The summed E-state index contributed by atoms with van der Waals surface area (Å²) < 4.78 is 30.8. The lowest BCUT2D eigenvalue weighted by Crippen LogP contribution is -2.25. The molecule has 0 amide bonds. The molecule has 8 nitrogen and oxygen atoms in total. The second-order valence-corrected chi connectivity index (χ2v) is 5.49. The minimum Gasteiger partial charge on any atom is -0.393 e. The van der Waals surface area contributed by atoms with Crippen LogP contribution in [0.15, 0.2) is 23.1 Å². The van der Waals surface area contributed by atoms with Crippen LogP contribution >= 0.6 is 0 Å². The van der Waals surface area contributed by atoms with Crippen molar-refractivity contribution < 1.29 is 18.1 Å². The highest BCUT2D eigenvalue weighted by atomic mass is 32.2. The fourth-order valence-corrected chi connectivity index (χ4v) is 2.45. The second kappa shape index (κ2) is 6.45. The normalized spacial score (nSPS) is 11.4. The van der Waals surface area contributed by atoms with E-state index in [0.717, 1.165) is 6.07 Å². The van der Waals surface area contributed by atoms with Gasteiger partial charge in [0.1, 0.15) is 5.69 Å². The number of nitro benzene ring substituents is 1. The molecule has 0 fully saturated rings. The zero-order chi connectivity index (χ0) is 14.5. The van der Waals surface area contributed by atoms with Crippen molar-refractivity contribution in [3.8, 4) is 0 Å². The Morgan fingerprint density at radius 3 is 2.74 bits per heavy atom. The van der Waals surface area contributed by atoms with Gasteiger partial charge in [-0.2, -0.15) is 0 Å².